The molecule has 2 aromatic rings. The lowest BCUT2D eigenvalue weighted by molar-refractivity contribution is -0.119. The van der Waals surface area contributed by atoms with Crippen LogP contribution >= 0.6 is 35.0 Å². The fourth-order valence-corrected chi connectivity index (χ4v) is 4.69. The number of halogens is 2. The van der Waals surface area contributed by atoms with E-state index in [1.165, 1.54) is 0 Å². The van der Waals surface area contributed by atoms with Crippen LogP contribution in [0.2, 0.25) is 10.0 Å². The Balaban J connectivity index is 1.79. The van der Waals surface area contributed by atoms with Gasteiger partial charge >= 0.3 is 0 Å². The van der Waals surface area contributed by atoms with Crippen molar-refractivity contribution < 1.29 is 13.2 Å². The maximum absolute atomic E-state index is 12.2. The highest BCUT2D eigenvalue weighted by Gasteiger charge is 2.21. The molecule has 0 radical (unpaired) electrons. The monoisotopic (exact) mass is 474 g/mol. The predicted octanol–water partition coefficient (Wildman–Crippen LogP) is 4.51. The second-order valence-corrected chi connectivity index (χ2v) is 10.4. The van der Waals surface area contributed by atoms with E-state index >= 15 is 0 Å². The largest absolute Gasteiger partial charge is 0.354 e. The zero-order valence-electron chi connectivity index (χ0n) is 16.3. The van der Waals surface area contributed by atoms with Crippen molar-refractivity contribution in [3.63, 3.8) is 0 Å². The highest BCUT2D eigenvalue weighted by atomic mass is 35.5. The summed E-state index contributed by atoms with van der Waals surface area (Å²) in [5.74, 6) is 1.37. The molecule has 1 N–H and O–H groups in total. The van der Waals surface area contributed by atoms with Gasteiger partial charge in [0.15, 0.2) is 0 Å². The molecule has 0 aliphatic heterocycles. The topological polar surface area (TPSA) is 66.5 Å². The van der Waals surface area contributed by atoms with E-state index in [2.05, 4.69) is 5.32 Å². The Hall–Kier alpha value is -1.41. The summed E-state index contributed by atoms with van der Waals surface area (Å²) in [6, 6.07) is 12.7. The van der Waals surface area contributed by atoms with Gasteiger partial charge in [-0.2, -0.15) is 11.8 Å². The molecule has 9 heteroatoms. The molecule has 0 aliphatic carbocycles. The Morgan fingerprint density at radius 3 is 2.59 bits per heavy atom. The Kier molecular flexibility index (Phi) is 9.14. The first-order valence-electron chi connectivity index (χ1n) is 8.99. The van der Waals surface area contributed by atoms with Crippen molar-refractivity contribution >= 4 is 56.6 Å². The molecule has 5 nitrogen and oxygen atoms in total. The molecule has 0 aliphatic rings. The minimum Gasteiger partial charge on any atom is -0.354 e. The second kappa shape index (κ2) is 11.1. The van der Waals surface area contributed by atoms with Crippen molar-refractivity contribution in [1.82, 2.24) is 5.32 Å². The van der Waals surface area contributed by atoms with E-state index in [1.54, 1.807) is 30.0 Å². The number of hydrogen-bond donors (Lipinski definition) is 1. The van der Waals surface area contributed by atoms with Crippen LogP contribution < -0.4 is 9.62 Å². The van der Waals surface area contributed by atoms with Crippen LogP contribution in [0.25, 0.3) is 0 Å². The van der Waals surface area contributed by atoms with E-state index in [4.69, 9.17) is 23.2 Å². The number of carbonyl (C=O) groups excluding carboxylic acids is 1. The van der Waals surface area contributed by atoms with E-state index in [-0.39, 0.29) is 12.5 Å². The smallest absolute Gasteiger partial charge is 0.240 e. The van der Waals surface area contributed by atoms with Crippen LogP contribution in [0, 0.1) is 6.92 Å². The number of nitrogens with one attached hydrogen (secondary N) is 1. The maximum Gasteiger partial charge on any atom is 0.240 e. The molecule has 0 bridgehead atoms. The van der Waals surface area contributed by atoms with Gasteiger partial charge in [-0.1, -0.05) is 41.4 Å². The van der Waals surface area contributed by atoms with Crippen molar-refractivity contribution in [2.24, 2.45) is 0 Å². The first-order valence-corrected chi connectivity index (χ1v) is 12.8. The van der Waals surface area contributed by atoms with Crippen LogP contribution in [0.4, 0.5) is 5.69 Å². The van der Waals surface area contributed by atoms with Gasteiger partial charge in [-0.15, -0.1) is 0 Å². The number of benzene rings is 2. The first-order chi connectivity index (χ1) is 13.7. The molecule has 2 aromatic carbocycles. The SMILES string of the molecule is Cc1ccc(N(CC(=O)NCCCSCc2cccc(Cl)c2)S(C)(=O)=O)cc1Cl. The molecular weight excluding hydrogens is 451 g/mol. The van der Waals surface area contributed by atoms with Gasteiger partial charge in [-0.25, -0.2) is 8.42 Å². The first kappa shape index (κ1) is 23.9. The third-order valence-electron chi connectivity index (χ3n) is 4.08. The van der Waals surface area contributed by atoms with Gasteiger partial charge in [-0.05, 0) is 54.5 Å². The van der Waals surface area contributed by atoms with Gasteiger partial charge in [0.25, 0.3) is 0 Å². The molecule has 2 rings (SSSR count). The van der Waals surface area contributed by atoms with Crippen LogP contribution in [0.3, 0.4) is 0 Å². The molecule has 29 heavy (non-hydrogen) atoms. The molecule has 0 aromatic heterocycles. The fourth-order valence-electron chi connectivity index (χ4n) is 2.54. The van der Waals surface area contributed by atoms with Gasteiger partial charge in [-0.3, -0.25) is 9.10 Å². The number of anilines is 1. The van der Waals surface area contributed by atoms with E-state index in [1.807, 2.05) is 31.2 Å². The average Bonchev–Trinajstić information content (AvgIpc) is 2.64. The predicted molar refractivity (Wildman–Crippen MR) is 124 cm³/mol. The van der Waals surface area contributed by atoms with Crippen LogP contribution in [0.1, 0.15) is 17.5 Å². The zero-order chi connectivity index (χ0) is 21.4. The molecule has 0 heterocycles. The highest BCUT2D eigenvalue weighted by molar-refractivity contribution is 7.98. The number of sulfonamides is 1. The molecule has 0 unspecified atom stereocenters. The van der Waals surface area contributed by atoms with Crippen LogP contribution in [0.15, 0.2) is 42.5 Å². The van der Waals surface area contributed by atoms with Gasteiger partial charge in [0.05, 0.1) is 11.9 Å². The Bertz CT molecular complexity index is 952. The van der Waals surface area contributed by atoms with E-state index in [0.717, 1.165) is 44.6 Å². The Labute approximate surface area is 186 Å². The van der Waals surface area contributed by atoms with Gasteiger partial charge in [0.2, 0.25) is 15.9 Å². The molecule has 1 amide bonds. The molecule has 0 fully saturated rings. The number of nitrogens with zero attached hydrogens (tertiary/aromatic N) is 1. The lowest BCUT2D eigenvalue weighted by Gasteiger charge is -2.22. The van der Waals surface area contributed by atoms with E-state index in [0.29, 0.717) is 17.3 Å². The van der Waals surface area contributed by atoms with Crippen molar-refractivity contribution in [3.8, 4) is 0 Å². The maximum atomic E-state index is 12.2. The molecule has 0 saturated heterocycles. The van der Waals surface area contributed by atoms with Gasteiger partial charge in [0, 0.05) is 22.3 Å². The third kappa shape index (κ3) is 8.09. The molecule has 0 spiro atoms. The summed E-state index contributed by atoms with van der Waals surface area (Å²) in [6.07, 6.45) is 1.85. The minimum absolute atomic E-state index is 0.284. The summed E-state index contributed by atoms with van der Waals surface area (Å²) in [5, 5.41) is 3.95. The molecule has 0 atom stereocenters. The zero-order valence-corrected chi connectivity index (χ0v) is 19.5. The van der Waals surface area contributed by atoms with Crippen molar-refractivity contribution in [3.05, 3.63) is 63.6 Å². The second-order valence-electron chi connectivity index (χ2n) is 6.59. The lowest BCUT2D eigenvalue weighted by atomic mass is 10.2. The van der Waals surface area contributed by atoms with Gasteiger partial charge < -0.3 is 5.32 Å². The summed E-state index contributed by atoms with van der Waals surface area (Å²) in [7, 11) is -3.62. The van der Waals surface area contributed by atoms with Crippen molar-refractivity contribution in [2.45, 2.75) is 19.1 Å². The number of hydrogen-bond acceptors (Lipinski definition) is 4. The van der Waals surface area contributed by atoms with Crippen LogP contribution in [0.5, 0.6) is 0 Å². The summed E-state index contributed by atoms with van der Waals surface area (Å²) in [5.41, 5.74) is 2.37. The number of rotatable bonds is 10. The number of carbonyl (C=O) groups is 1. The van der Waals surface area contributed by atoms with E-state index in [9.17, 15) is 13.2 Å². The average molecular weight is 475 g/mol. The number of amides is 1. The quantitative estimate of drug-likeness (QED) is 0.514. The lowest BCUT2D eigenvalue weighted by Crippen LogP contribution is -2.40. The Morgan fingerprint density at radius 2 is 1.93 bits per heavy atom. The highest BCUT2D eigenvalue weighted by Crippen LogP contribution is 2.24. The molecule has 158 valence electrons. The number of aryl methyl sites for hydroxylation is 1. The molecule has 0 saturated carbocycles. The van der Waals surface area contributed by atoms with Gasteiger partial charge in [0.1, 0.15) is 6.54 Å². The number of thioether (sulfide) groups is 1. The summed E-state index contributed by atoms with van der Waals surface area (Å²) in [4.78, 5) is 12.2. The standard InChI is InChI=1S/C20H24Cl2N2O3S2/c1-15-7-8-18(12-19(15)22)24(29(2,26)27)13-20(25)23-9-4-10-28-14-16-5-3-6-17(21)11-16/h3,5-8,11-12H,4,9-10,13-14H2,1-2H3,(H,23,25). The molecular formula is C20H24Cl2N2O3S2. The summed E-state index contributed by atoms with van der Waals surface area (Å²) >= 11 is 13.8. The minimum atomic E-state index is -3.62. The summed E-state index contributed by atoms with van der Waals surface area (Å²) < 4.78 is 25.3. The van der Waals surface area contributed by atoms with Crippen LogP contribution in [-0.4, -0.2) is 39.4 Å². The normalized spacial score (nSPS) is 11.3. The Morgan fingerprint density at radius 1 is 1.17 bits per heavy atom. The third-order valence-corrected chi connectivity index (χ3v) is 6.97. The van der Waals surface area contributed by atoms with Crippen molar-refractivity contribution in [1.29, 1.82) is 0 Å². The van der Waals surface area contributed by atoms with Crippen molar-refractivity contribution in [2.75, 3.05) is 29.4 Å². The van der Waals surface area contributed by atoms with Crippen LogP contribution in [-0.2, 0) is 20.6 Å². The van der Waals surface area contributed by atoms with E-state index < -0.39 is 10.0 Å². The fraction of sp³-hybridized carbons (Fsp3) is 0.350. The summed E-state index contributed by atoms with van der Waals surface area (Å²) in [6.45, 7) is 2.02.